The lowest BCUT2D eigenvalue weighted by Gasteiger charge is -2.50. The van der Waals surface area contributed by atoms with E-state index in [9.17, 15) is 34.8 Å². The van der Waals surface area contributed by atoms with Crippen LogP contribution >= 0.6 is 0 Å². The number of fused-ring (bicyclic) bond motifs is 4. The highest BCUT2D eigenvalue weighted by atomic mass is 16.5. The number of likely N-dealkylation sites (N-methyl/N-ethyl adjacent to an activating group) is 1. The molecule has 1 heterocycles. The smallest absolute Gasteiger partial charge is 0.255 e. The number of allylic oxidation sites excluding steroid dienone is 1. The second-order valence-corrected chi connectivity index (χ2v) is 12.9. The molecule has 0 aromatic heterocycles. The van der Waals surface area contributed by atoms with Crippen molar-refractivity contribution in [2.45, 2.75) is 56.7 Å². The van der Waals surface area contributed by atoms with Crippen molar-refractivity contribution in [2.75, 3.05) is 34.3 Å². The quantitative estimate of drug-likeness (QED) is 0.322. The maximum Gasteiger partial charge on any atom is 0.255 e. The summed E-state index contributed by atoms with van der Waals surface area (Å²) in [6.45, 7) is 2.54. The Hall–Kier alpha value is -3.41. The molecule has 11 heteroatoms. The van der Waals surface area contributed by atoms with Crippen LogP contribution in [0.25, 0.3) is 0 Å². The summed E-state index contributed by atoms with van der Waals surface area (Å²) in [7, 11) is 4.74. The molecule has 42 heavy (non-hydrogen) atoms. The molecule has 4 aliphatic carbocycles. The van der Waals surface area contributed by atoms with Crippen LogP contribution < -0.4 is 10.5 Å². The Kier molecular flexibility index (Phi) is 6.90. The van der Waals surface area contributed by atoms with Gasteiger partial charge in [0.05, 0.1) is 18.7 Å². The van der Waals surface area contributed by atoms with Crippen LogP contribution in [0, 0.1) is 23.7 Å². The number of amides is 1. The highest BCUT2D eigenvalue weighted by Crippen LogP contribution is 2.53. The number of phenols is 1. The van der Waals surface area contributed by atoms with Gasteiger partial charge in [-0.05, 0) is 63.6 Å². The number of aliphatic hydroxyl groups excluding tert-OH is 2. The molecule has 226 valence electrons. The average molecular weight is 582 g/mol. The van der Waals surface area contributed by atoms with Crippen molar-refractivity contribution in [3.8, 4) is 11.5 Å². The molecule has 2 unspecified atom stereocenters. The third kappa shape index (κ3) is 4.00. The Morgan fingerprint density at radius 2 is 1.79 bits per heavy atom. The van der Waals surface area contributed by atoms with Gasteiger partial charge in [-0.1, -0.05) is 12.8 Å². The number of likely N-dealkylation sites (tertiary alicyclic amines) is 1. The number of hydrogen-bond donors (Lipinski definition) is 5. The van der Waals surface area contributed by atoms with Crippen LogP contribution in [0.4, 0.5) is 0 Å². The summed E-state index contributed by atoms with van der Waals surface area (Å²) >= 11 is 0. The van der Waals surface area contributed by atoms with Crippen molar-refractivity contribution in [1.82, 2.24) is 9.80 Å². The lowest BCUT2D eigenvalue weighted by atomic mass is 9.58. The number of benzene rings is 1. The van der Waals surface area contributed by atoms with Gasteiger partial charge in [0.1, 0.15) is 28.6 Å². The SMILES string of the molecule is COc1c(CN2CC3CCCCC3C2)cc(O)c2c1C[C@H]1C[C@H]3[C@H](N(C)C)C(O)=C(C(N)=O)C(=O)[C@@]3(O)C(O)=C1C2=O. The number of phenolic OH excluding ortho intramolecular Hbond substituents is 1. The normalized spacial score (nSPS) is 32.9. The van der Waals surface area contributed by atoms with Crippen LogP contribution in [0.2, 0.25) is 0 Å². The van der Waals surface area contributed by atoms with Crippen molar-refractivity contribution < 1.29 is 39.5 Å². The first-order chi connectivity index (χ1) is 19.9. The molecule has 1 aromatic rings. The molecule has 11 nitrogen and oxygen atoms in total. The van der Waals surface area contributed by atoms with Gasteiger partial charge in [-0.15, -0.1) is 0 Å². The zero-order valence-corrected chi connectivity index (χ0v) is 24.2. The molecular weight excluding hydrogens is 542 g/mol. The molecule has 6 N–H and O–H groups in total. The topological polar surface area (TPSA) is 174 Å². The van der Waals surface area contributed by atoms with Gasteiger partial charge in [-0.3, -0.25) is 24.2 Å². The molecule has 1 amide bonds. The maximum absolute atomic E-state index is 14.0. The second kappa shape index (κ2) is 10.1. The van der Waals surface area contributed by atoms with Gasteiger partial charge in [0.25, 0.3) is 5.91 Å². The highest BCUT2D eigenvalue weighted by Gasteiger charge is 2.63. The van der Waals surface area contributed by atoms with Crippen LogP contribution in [-0.4, -0.2) is 93.6 Å². The minimum absolute atomic E-state index is 0.0357. The van der Waals surface area contributed by atoms with Crippen LogP contribution in [0.3, 0.4) is 0 Å². The lowest BCUT2D eigenvalue weighted by Crippen LogP contribution is -2.63. The zero-order chi connectivity index (χ0) is 30.2. The number of ether oxygens (including phenoxy) is 1. The third-order valence-electron chi connectivity index (χ3n) is 10.4. The number of hydrogen-bond acceptors (Lipinski definition) is 10. The second-order valence-electron chi connectivity index (χ2n) is 12.9. The molecule has 2 fully saturated rings. The Morgan fingerprint density at radius 3 is 2.36 bits per heavy atom. The van der Waals surface area contributed by atoms with Gasteiger partial charge < -0.3 is 30.9 Å². The highest BCUT2D eigenvalue weighted by molar-refractivity contribution is 6.24. The first-order valence-electron chi connectivity index (χ1n) is 14.7. The Labute approximate surface area is 244 Å². The van der Waals surface area contributed by atoms with Crippen LogP contribution in [0.15, 0.2) is 28.7 Å². The molecule has 1 aromatic carbocycles. The molecular formula is C31H39N3O8. The van der Waals surface area contributed by atoms with Gasteiger partial charge in [0.2, 0.25) is 5.78 Å². The first-order valence-corrected chi connectivity index (χ1v) is 14.7. The molecule has 1 aliphatic heterocycles. The zero-order valence-electron chi connectivity index (χ0n) is 24.2. The third-order valence-corrected chi connectivity index (χ3v) is 10.4. The van der Waals surface area contributed by atoms with E-state index >= 15 is 0 Å². The van der Waals surface area contributed by atoms with E-state index in [1.165, 1.54) is 43.8 Å². The fraction of sp³-hybridized carbons (Fsp3) is 0.581. The number of rotatable bonds is 5. The number of aliphatic hydroxyl groups is 3. The summed E-state index contributed by atoms with van der Waals surface area (Å²) in [5, 5.41) is 45.3. The molecule has 5 aliphatic rings. The number of carbonyl (C=O) groups excluding carboxylic acids is 3. The first kappa shape index (κ1) is 28.7. The molecule has 0 bridgehead atoms. The number of nitrogens with zero attached hydrogens (tertiary/aromatic N) is 2. The van der Waals surface area contributed by atoms with Crippen molar-refractivity contribution in [3.05, 3.63) is 45.4 Å². The summed E-state index contributed by atoms with van der Waals surface area (Å²) in [6, 6.07) is 0.506. The number of methoxy groups -OCH3 is 1. The summed E-state index contributed by atoms with van der Waals surface area (Å²) < 4.78 is 5.86. The number of nitrogens with two attached hydrogens (primary N) is 1. The molecule has 6 atom stereocenters. The van der Waals surface area contributed by atoms with Crippen LogP contribution in [0.1, 0.15) is 53.6 Å². The van der Waals surface area contributed by atoms with E-state index in [-0.39, 0.29) is 29.7 Å². The predicted molar refractivity (Wildman–Crippen MR) is 151 cm³/mol. The van der Waals surface area contributed by atoms with Crippen molar-refractivity contribution in [1.29, 1.82) is 0 Å². The summed E-state index contributed by atoms with van der Waals surface area (Å²) in [6.07, 6.45) is 5.23. The molecule has 1 saturated heterocycles. The van der Waals surface area contributed by atoms with E-state index in [0.29, 0.717) is 29.7 Å². The predicted octanol–water partition coefficient (Wildman–Crippen LogP) is 1.75. The van der Waals surface area contributed by atoms with E-state index in [1.54, 1.807) is 14.1 Å². The standard InChI is InChI=1S/C31H39N3O8/c1-33(2)24-19-9-16-8-18-22(25(36)21(16)28(38)31(19,41)29(39)23(26(24)37)30(32)40)20(35)10-17(27(18)42-3)13-34-11-14-6-4-5-7-15(14)12-34/h10,14-16,19,24,35,37-38,41H,4-9,11-13H2,1-3H3,(H2,32,40)/t14?,15?,16-,19-,24-,31-/m0/s1. The van der Waals surface area contributed by atoms with Crippen LogP contribution in [-0.2, 0) is 22.6 Å². The summed E-state index contributed by atoms with van der Waals surface area (Å²) in [5.41, 5.74) is 3.00. The summed E-state index contributed by atoms with van der Waals surface area (Å²) in [4.78, 5) is 43.5. The van der Waals surface area contributed by atoms with Gasteiger partial charge in [0, 0.05) is 42.3 Å². The maximum atomic E-state index is 14.0. The Bertz CT molecular complexity index is 1430. The van der Waals surface area contributed by atoms with Gasteiger partial charge in [-0.25, -0.2) is 0 Å². The fourth-order valence-electron chi connectivity index (χ4n) is 8.61. The number of carbonyl (C=O) groups is 3. The van der Waals surface area contributed by atoms with Gasteiger partial charge >= 0.3 is 0 Å². The monoisotopic (exact) mass is 581 g/mol. The minimum atomic E-state index is -2.66. The minimum Gasteiger partial charge on any atom is -0.510 e. The Morgan fingerprint density at radius 1 is 1.14 bits per heavy atom. The molecule has 0 spiro atoms. The largest absolute Gasteiger partial charge is 0.510 e. The van der Waals surface area contributed by atoms with Crippen molar-refractivity contribution >= 4 is 17.5 Å². The number of ketones is 2. The van der Waals surface area contributed by atoms with E-state index in [4.69, 9.17) is 10.5 Å². The van der Waals surface area contributed by atoms with Crippen molar-refractivity contribution in [3.63, 3.8) is 0 Å². The van der Waals surface area contributed by atoms with E-state index in [2.05, 4.69) is 4.90 Å². The van der Waals surface area contributed by atoms with Crippen molar-refractivity contribution in [2.24, 2.45) is 29.4 Å². The van der Waals surface area contributed by atoms with Gasteiger partial charge in [-0.2, -0.15) is 0 Å². The van der Waals surface area contributed by atoms with Gasteiger partial charge in [0.15, 0.2) is 11.4 Å². The number of aromatic hydroxyl groups is 1. The number of Topliss-reactive ketones (excluding diaryl/α,β-unsaturated/α-hetero) is 2. The lowest BCUT2D eigenvalue weighted by molar-refractivity contribution is -0.148. The molecule has 6 rings (SSSR count). The number of primary amides is 1. The fourth-order valence-corrected chi connectivity index (χ4v) is 8.61. The molecule has 1 saturated carbocycles. The van der Waals surface area contributed by atoms with Crippen LogP contribution in [0.5, 0.6) is 11.5 Å². The van der Waals surface area contributed by atoms with E-state index in [0.717, 1.165) is 18.7 Å². The average Bonchev–Trinajstić information content (AvgIpc) is 3.32. The van der Waals surface area contributed by atoms with E-state index in [1.807, 2.05) is 0 Å². The summed E-state index contributed by atoms with van der Waals surface area (Å²) in [5.74, 6) is -4.78. The van der Waals surface area contributed by atoms with E-state index < -0.39 is 58.0 Å². The molecule has 0 radical (unpaired) electrons. The Balaban J connectivity index is 1.42.